The van der Waals surface area contributed by atoms with Crippen LogP contribution in [0.4, 0.5) is 0 Å². The van der Waals surface area contributed by atoms with Crippen molar-refractivity contribution in [3.05, 3.63) is 30.4 Å². The molecule has 0 aromatic carbocycles. The van der Waals surface area contributed by atoms with Crippen LogP contribution >= 0.6 is 0 Å². The highest BCUT2D eigenvalue weighted by atomic mass is 16.2. The van der Waals surface area contributed by atoms with Crippen molar-refractivity contribution in [1.82, 2.24) is 24.6 Å². The van der Waals surface area contributed by atoms with E-state index in [1.54, 1.807) is 19.4 Å². The Hall–Kier alpha value is -2.24. The largest absolute Gasteiger partial charge is 0.343 e. The van der Waals surface area contributed by atoms with Crippen LogP contribution in [0.15, 0.2) is 24.7 Å². The van der Waals surface area contributed by atoms with E-state index in [1.807, 2.05) is 28.6 Å². The van der Waals surface area contributed by atoms with Gasteiger partial charge in [-0.3, -0.25) is 4.79 Å². The first-order valence-electron chi connectivity index (χ1n) is 7.68. The molecule has 1 aliphatic rings. The Morgan fingerprint density at radius 3 is 2.86 bits per heavy atom. The van der Waals surface area contributed by atoms with Crippen LogP contribution in [-0.4, -0.2) is 43.6 Å². The molecule has 1 amide bonds. The zero-order valence-electron chi connectivity index (χ0n) is 13.1. The van der Waals surface area contributed by atoms with Crippen LogP contribution in [0.5, 0.6) is 0 Å². The van der Waals surface area contributed by atoms with E-state index in [1.165, 1.54) is 0 Å². The van der Waals surface area contributed by atoms with Gasteiger partial charge in [-0.25, -0.2) is 4.98 Å². The van der Waals surface area contributed by atoms with Crippen molar-refractivity contribution in [2.45, 2.75) is 26.2 Å². The third-order valence-electron chi connectivity index (χ3n) is 4.26. The van der Waals surface area contributed by atoms with Crippen molar-refractivity contribution in [2.24, 2.45) is 13.0 Å². The molecule has 0 saturated carbocycles. The zero-order valence-corrected chi connectivity index (χ0v) is 13.1. The summed E-state index contributed by atoms with van der Waals surface area (Å²) >= 11 is 0. The fourth-order valence-electron chi connectivity index (χ4n) is 3.02. The summed E-state index contributed by atoms with van der Waals surface area (Å²) in [5.41, 5.74) is 2.78. The summed E-state index contributed by atoms with van der Waals surface area (Å²) in [5.74, 6) is 0.650. The lowest BCUT2D eigenvalue weighted by atomic mass is 9.93. The average molecular weight is 299 g/mol. The predicted octanol–water partition coefficient (Wildman–Crippen LogP) is 1.68. The van der Waals surface area contributed by atoms with Gasteiger partial charge in [0.2, 0.25) is 5.91 Å². The maximum Gasteiger partial charge on any atom is 0.219 e. The van der Waals surface area contributed by atoms with E-state index in [2.05, 4.69) is 15.2 Å². The van der Waals surface area contributed by atoms with Crippen molar-refractivity contribution in [3.8, 4) is 11.4 Å². The van der Waals surface area contributed by atoms with Crippen LogP contribution in [0, 0.1) is 5.92 Å². The van der Waals surface area contributed by atoms with E-state index in [0.29, 0.717) is 5.92 Å². The smallest absolute Gasteiger partial charge is 0.219 e. The summed E-state index contributed by atoms with van der Waals surface area (Å²) in [6.07, 6.45) is 6.64. The minimum Gasteiger partial charge on any atom is -0.343 e. The van der Waals surface area contributed by atoms with Gasteiger partial charge in [-0.05, 0) is 37.3 Å². The maximum absolute atomic E-state index is 11.5. The Balaban J connectivity index is 1.66. The monoisotopic (exact) mass is 299 g/mol. The lowest BCUT2D eigenvalue weighted by Crippen LogP contribution is -2.39. The quantitative estimate of drug-likeness (QED) is 0.865. The summed E-state index contributed by atoms with van der Waals surface area (Å²) in [4.78, 5) is 17.5. The molecule has 0 bridgehead atoms. The summed E-state index contributed by atoms with van der Waals surface area (Å²) in [6, 6.07) is 4.02. The summed E-state index contributed by atoms with van der Waals surface area (Å²) in [7, 11) is 1.94. The SMILES string of the molecule is CC(=O)N1CCCC(Cc2ccc(-c3cncn3C)nn2)C1. The number of piperidine rings is 1. The van der Waals surface area contributed by atoms with Gasteiger partial charge in [0.05, 0.1) is 23.9 Å². The first kappa shape index (κ1) is 14.7. The van der Waals surface area contributed by atoms with Crippen molar-refractivity contribution in [3.63, 3.8) is 0 Å². The summed E-state index contributed by atoms with van der Waals surface area (Å²) in [6.45, 7) is 3.36. The topological polar surface area (TPSA) is 63.9 Å². The fraction of sp³-hybridized carbons (Fsp3) is 0.500. The second-order valence-corrected chi connectivity index (χ2v) is 5.98. The van der Waals surface area contributed by atoms with Gasteiger partial charge >= 0.3 is 0 Å². The number of nitrogens with zero attached hydrogens (tertiary/aromatic N) is 5. The number of hydrogen-bond acceptors (Lipinski definition) is 4. The van der Waals surface area contributed by atoms with E-state index >= 15 is 0 Å². The lowest BCUT2D eigenvalue weighted by molar-refractivity contribution is -0.130. The number of carbonyl (C=O) groups is 1. The molecule has 2 aromatic heterocycles. The Labute approximate surface area is 130 Å². The first-order valence-corrected chi connectivity index (χ1v) is 7.68. The van der Waals surface area contributed by atoms with Crippen LogP contribution in [0.3, 0.4) is 0 Å². The molecule has 1 aliphatic heterocycles. The Morgan fingerprint density at radius 1 is 1.36 bits per heavy atom. The molecule has 3 rings (SSSR count). The van der Waals surface area contributed by atoms with Gasteiger partial charge < -0.3 is 9.47 Å². The number of likely N-dealkylation sites (tertiary alicyclic amines) is 1. The van der Waals surface area contributed by atoms with Crippen molar-refractivity contribution in [1.29, 1.82) is 0 Å². The van der Waals surface area contributed by atoms with Gasteiger partial charge in [0.1, 0.15) is 5.69 Å². The fourth-order valence-corrected chi connectivity index (χ4v) is 3.02. The second-order valence-electron chi connectivity index (χ2n) is 5.98. The molecule has 6 heteroatoms. The van der Waals surface area contributed by atoms with Crippen LogP contribution in [-0.2, 0) is 18.3 Å². The van der Waals surface area contributed by atoms with Crippen LogP contribution < -0.4 is 0 Å². The number of hydrogen-bond donors (Lipinski definition) is 0. The zero-order chi connectivity index (χ0) is 15.5. The number of amides is 1. The van der Waals surface area contributed by atoms with Gasteiger partial charge in [-0.1, -0.05) is 0 Å². The molecule has 0 spiro atoms. The molecule has 3 heterocycles. The molecule has 0 N–H and O–H groups in total. The second kappa shape index (κ2) is 6.25. The summed E-state index contributed by atoms with van der Waals surface area (Å²) < 4.78 is 1.93. The van der Waals surface area contributed by atoms with E-state index < -0.39 is 0 Å². The highest BCUT2D eigenvalue weighted by Crippen LogP contribution is 2.21. The third kappa shape index (κ3) is 3.16. The molecule has 22 heavy (non-hydrogen) atoms. The van der Waals surface area contributed by atoms with Gasteiger partial charge in [-0.2, -0.15) is 5.10 Å². The molecular weight excluding hydrogens is 278 g/mol. The molecule has 1 fully saturated rings. The molecule has 1 atom stereocenters. The maximum atomic E-state index is 11.5. The first-order chi connectivity index (χ1) is 10.6. The highest BCUT2D eigenvalue weighted by molar-refractivity contribution is 5.73. The number of aryl methyl sites for hydroxylation is 1. The lowest BCUT2D eigenvalue weighted by Gasteiger charge is -2.31. The number of rotatable bonds is 3. The van der Waals surface area contributed by atoms with Gasteiger partial charge in [0.25, 0.3) is 0 Å². The molecule has 1 saturated heterocycles. The highest BCUT2D eigenvalue weighted by Gasteiger charge is 2.22. The van der Waals surface area contributed by atoms with Gasteiger partial charge in [-0.15, -0.1) is 5.10 Å². The minimum absolute atomic E-state index is 0.169. The Morgan fingerprint density at radius 2 is 2.23 bits per heavy atom. The summed E-state index contributed by atoms with van der Waals surface area (Å²) in [5, 5.41) is 8.66. The van der Waals surface area contributed by atoms with Gasteiger partial charge in [0, 0.05) is 27.1 Å². The van der Waals surface area contributed by atoms with E-state index in [0.717, 1.165) is 49.4 Å². The van der Waals surface area contributed by atoms with E-state index in [9.17, 15) is 4.79 Å². The number of aromatic nitrogens is 4. The predicted molar refractivity (Wildman–Crippen MR) is 82.9 cm³/mol. The standard InChI is InChI=1S/C16H21N5O/c1-12(22)21-7-3-4-13(10-21)8-14-5-6-15(19-18-14)16-9-17-11-20(16)2/h5-6,9,11,13H,3-4,7-8,10H2,1-2H3. The molecule has 2 aromatic rings. The molecule has 6 nitrogen and oxygen atoms in total. The van der Waals surface area contributed by atoms with E-state index in [4.69, 9.17) is 0 Å². The molecule has 0 aliphatic carbocycles. The van der Waals surface area contributed by atoms with Gasteiger partial charge in [0.15, 0.2) is 0 Å². The van der Waals surface area contributed by atoms with Crippen molar-refractivity contribution >= 4 is 5.91 Å². The molecular formula is C16H21N5O. The van der Waals surface area contributed by atoms with Crippen LogP contribution in [0.1, 0.15) is 25.5 Å². The van der Waals surface area contributed by atoms with E-state index in [-0.39, 0.29) is 5.91 Å². The Bertz CT molecular complexity index is 649. The molecule has 116 valence electrons. The van der Waals surface area contributed by atoms with Crippen molar-refractivity contribution < 1.29 is 4.79 Å². The number of imidazole rings is 1. The third-order valence-corrected chi connectivity index (χ3v) is 4.26. The molecule has 1 unspecified atom stereocenters. The Kier molecular flexibility index (Phi) is 4.18. The molecule has 0 radical (unpaired) electrons. The number of carbonyl (C=O) groups excluding carboxylic acids is 1. The normalized spacial score (nSPS) is 18.5. The van der Waals surface area contributed by atoms with Crippen molar-refractivity contribution in [2.75, 3.05) is 13.1 Å². The average Bonchev–Trinajstić information content (AvgIpc) is 2.94. The van der Waals surface area contributed by atoms with Crippen LogP contribution in [0.2, 0.25) is 0 Å². The minimum atomic E-state index is 0.169. The van der Waals surface area contributed by atoms with Crippen LogP contribution in [0.25, 0.3) is 11.4 Å².